The quantitative estimate of drug-likeness (QED) is 0.567. The molecule has 0 aliphatic heterocycles. The zero-order chi connectivity index (χ0) is 9.47. The van der Waals surface area contributed by atoms with E-state index in [4.69, 9.17) is 0 Å². The molecule has 1 heteroatoms. The van der Waals surface area contributed by atoms with Gasteiger partial charge < -0.3 is 4.79 Å². The van der Waals surface area contributed by atoms with E-state index in [1.165, 1.54) is 38.4 Å². The SMILES string of the molecule is CC1(C)[C@@H]2CCC[C@@H](CC2)[C@H]1C=O. The van der Waals surface area contributed by atoms with Gasteiger partial charge in [0.2, 0.25) is 0 Å². The molecule has 3 fully saturated rings. The highest BCUT2D eigenvalue weighted by Crippen LogP contribution is 2.52. The van der Waals surface area contributed by atoms with Crippen LogP contribution in [-0.4, -0.2) is 6.29 Å². The molecule has 0 unspecified atom stereocenters. The largest absolute Gasteiger partial charge is 0.303 e. The third-order valence-electron chi connectivity index (χ3n) is 4.58. The fourth-order valence-electron chi connectivity index (χ4n) is 3.60. The first-order valence-corrected chi connectivity index (χ1v) is 5.61. The van der Waals surface area contributed by atoms with Gasteiger partial charge in [0.15, 0.2) is 0 Å². The maximum atomic E-state index is 11.1. The standard InChI is InChI=1S/C12H20O/c1-12(2)10-5-3-4-9(6-7-10)11(12)8-13/h8-11H,3-7H2,1-2H3/t9-,10+,11+/m0/s1. The topological polar surface area (TPSA) is 17.1 Å². The number of fused-ring (bicyclic) bond motifs is 4. The van der Waals surface area contributed by atoms with Crippen LogP contribution < -0.4 is 0 Å². The minimum Gasteiger partial charge on any atom is -0.303 e. The van der Waals surface area contributed by atoms with Gasteiger partial charge in [-0.2, -0.15) is 0 Å². The number of carbonyl (C=O) groups excluding carboxylic acids is 1. The number of hydrogen-bond donors (Lipinski definition) is 0. The molecule has 0 aromatic carbocycles. The summed E-state index contributed by atoms with van der Waals surface area (Å²) in [6.07, 6.45) is 7.90. The van der Waals surface area contributed by atoms with Gasteiger partial charge in [-0.05, 0) is 42.9 Å². The van der Waals surface area contributed by atoms with Gasteiger partial charge in [0.1, 0.15) is 6.29 Å². The Morgan fingerprint density at radius 2 is 1.92 bits per heavy atom. The third-order valence-corrected chi connectivity index (χ3v) is 4.58. The Bertz CT molecular complexity index is 203. The first kappa shape index (κ1) is 9.23. The van der Waals surface area contributed by atoms with Crippen LogP contribution in [0.3, 0.4) is 0 Å². The predicted molar refractivity (Wildman–Crippen MR) is 53.4 cm³/mol. The molecule has 0 N–H and O–H groups in total. The van der Waals surface area contributed by atoms with Gasteiger partial charge in [0, 0.05) is 5.92 Å². The average Bonchev–Trinajstić information content (AvgIpc) is 2.35. The summed E-state index contributed by atoms with van der Waals surface area (Å²) in [6, 6.07) is 0. The van der Waals surface area contributed by atoms with E-state index >= 15 is 0 Å². The van der Waals surface area contributed by atoms with E-state index < -0.39 is 0 Å². The normalized spacial score (nSPS) is 42.8. The highest BCUT2D eigenvalue weighted by molar-refractivity contribution is 5.56. The fourth-order valence-corrected chi connectivity index (χ4v) is 3.60. The van der Waals surface area contributed by atoms with Crippen molar-refractivity contribution in [2.45, 2.75) is 46.0 Å². The van der Waals surface area contributed by atoms with Crippen molar-refractivity contribution in [2.24, 2.45) is 23.2 Å². The fraction of sp³-hybridized carbons (Fsp3) is 0.917. The van der Waals surface area contributed by atoms with E-state index in [1.807, 2.05) is 0 Å². The molecule has 0 heterocycles. The van der Waals surface area contributed by atoms with Crippen molar-refractivity contribution in [2.75, 3.05) is 0 Å². The summed E-state index contributed by atoms with van der Waals surface area (Å²) < 4.78 is 0. The van der Waals surface area contributed by atoms with Crippen LogP contribution >= 0.6 is 0 Å². The summed E-state index contributed by atoms with van der Waals surface area (Å²) >= 11 is 0. The molecule has 3 rings (SSSR count). The second-order valence-corrected chi connectivity index (χ2v) is 5.45. The minimum absolute atomic E-state index is 0.279. The molecular weight excluding hydrogens is 160 g/mol. The Morgan fingerprint density at radius 1 is 1.15 bits per heavy atom. The lowest BCUT2D eigenvalue weighted by atomic mass is 9.60. The minimum atomic E-state index is 0.279. The molecule has 3 atom stereocenters. The molecule has 3 aliphatic carbocycles. The van der Waals surface area contributed by atoms with Crippen LogP contribution in [0.15, 0.2) is 0 Å². The molecule has 74 valence electrons. The van der Waals surface area contributed by atoms with E-state index in [1.54, 1.807) is 0 Å². The lowest BCUT2D eigenvalue weighted by Crippen LogP contribution is -2.40. The van der Waals surface area contributed by atoms with E-state index in [0.29, 0.717) is 11.8 Å². The van der Waals surface area contributed by atoms with Crippen molar-refractivity contribution >= 4 is 6.29 Å². The van der Waals surface area contributed by atoms with Crippen LogP contribution in [0.4, 0.5) is 0 Å². The average molecular weight is 180 g/mol. The van der Waals surface area contributed by atoms with Crippen LogP contribution in [0.2, 0.25) is 0 Å². The Balaban J connectivity index is 2.30. The van der Waals surface area contributed by atoms with Gasteiger partial charge in [-0.25, -0.2) is 0 Å². The van der Waals surface area contributed by atoms with Gasteiger partial charge in [-0.1, -0.05) is 20.3 Å². The molecule has 3 saturated carbocycles. The molecule has 2 bridgehead atoms. The zero-order valence-electron chi connectivity index (χ0n) is 8.75. The number of rotatable bonds is 1. The summed E-state index contributed by atoms with van der Waals surface area (Å²) in [5.41, 5.74) is 0.279. The van der Waals surface area contributed by atoms with Crippen LogP contribution in [0.25, 0.3) is 0 Å². The Hall–Kier alpha value is -0.330. The van der Waals surface area contributed by atoms with Crippen molar-refractivity contribution in [1.82, 2.24) is 0 Å². The molecule has 0 spiro atoms. The van der Waals surface area contributed by atoms with Crippen LogP contribution in [0.5, 0.6) is 0 Å². The van der Waals surface area contributed by atoms with E-state index in [-0.39, 0.29) is 5.41 Å². The van der Waals surface area contributed by atoms with Crippen molar-refractivity contribution < 1.29 is 4.79 Å². The van der Waals surface area contributed by atoms with Crippen LogP contribution in [0.1, 0.15) is 46.0 Å². The maximum Gasteiger partial charge on any atom is 0.123 e. The van der Waals surface area contributed by atoms with Crippen LogP contribution in [0, 0.1) is 23.2 Å². The summed E-state index contributed by atoms with van der Waals surface area (Å²) in [5.74, 6) is 1.85. The van der Waals surface area contributed by atoms with Gasteiger partial charge in [0.25, 0.3) is 0 Å². The summed E-state index contributed by atoms with van der Waals surface area (Å²) in [7, 11) is 0. The Labute approximate surface area is 80.9 Å². The van der Waals surface area contributed by atoms with Crippen LogP contribution in [-0.2, 0) is 4.79 Å². The molecule has 3 aliphatic rings. The second kappa shape index (κ2) is 3.11. The molecule has 13 heavy (non-hydrogen) atoms. The smallest absolute Gasteiger partial charge is 0.123 e. The maximum absolute atomic E-state index is 11.1. The van der Waals surface area contributed by atoms with E-state index in [0.717, 1.165) is 5.92 Å². The van der Waals surface area contributed by atoms with Gasteiger partial charge >= 0.3 is 0 Å². The monoisotopic (exact) mass is 180 g/mol. The summed E-state index contributed by atoms with van der Waals surface area (Å²) in [6.45, 7) is 4.60. The molecule has 0 radical (unpaired) electrons. The molecule has 0 saturated heterocycles. The summed E-state index contributed by atoms with van der Waals surface area (Å²) in [4.78, 5) is 11.1. The van der Waals surface area contributed by atoms with Crippen molar-refractivity contribution in [3.05, 3.63) is 0 Å². The number of aldehydes is 1. The summed E-state index contributed by atoms with van der Waals surface area (Å²) in [5, 5.41) is 0. The molecule has 0 aromatic heterocycles. The second-order valence-electron chi connectivity index (χ2n) is 5.45. The van der Waals surface area contributed by atoms with E-state index in [2.05, 4.69) is 13.8 Å². The highest BCUT2D eigenvalue weighted by atomic mass is 16.1. The molecule has 0 aromatic rings. The lowest BCUT2D eigenvalue weighted by Gasteiger charge is -2.44. The Kier molecular flexibility index (Phi) is 2.21. The van der Waals surface area contributed by atoms with Crippen molar-refractivity contribution in [3.8, 4) is 0 Å². The Morgan fingerprint density at radius 3 is 2.62 bits per heavy atom. The van der Waals surface area contributed by atoms with Crippen molar-refractivity contribution in [1.29, 1.82) is 0 Å². The zero-order valence-corrected chi connectivity index (χ0v) is 8.75. The van der Waals surface area contributed by atoms with Gasteiger partial charge in [-0.3, -0.25) is 0 Å². The van der Waals surface area contributed by atoms with E-state index in [9.17, 15) is 4.79 Å². The lowest BCUT2D eigenvalue weighted by molar-refractivity contribution is -0.120. The molecular formula is C12H20O. The van der Waals surface area contributed by atoms with Gasteiger partial charge in [0.05, 0.1) is 0 Å². The number of carbonyl (C=O) groups is 1. The first-order chi connectivity index (χ1) is 6.16. The highest BCUT2D eigenvalue weighted by Gasteiger charge is 2.46. The number of hydrogen-bond acceptors (Lipinski definition) is 1. The van der Waals surface area contributed by atoms with Crippen molar-refractivity contribution in [3.63, 3.8) is 0 Å². The first-order valence-electron chi connectivity index (χ1n) is 5.61. The molecule has 0 amide bonds. The predicted octanol–water partition coefficient (Wildman–Crippen LogP) is 3.04. The van der Waals surface area contributed by atoms with Gasteiger partial charge in [-0.15, -0.1) is 0 Å². The molecule has 1 nitrogen and oxygen atoms in total. The third kappa shape index (κ3) is 1.33.